The van der Waals surface area contributed by atoms with Crippen LogP contribution >= 0.6 is 0 Å². The van der Waals surface area contributed by atoms with Crippen LogP contribution < -0.4 is 10.6 Å². The van der Waals surface area contributed by atoms with E-state index in [0.29, 0.717) is 32.0 Å². The zero-order chi connectivity index (χ0) is 24.2. The van der Waals surface area contributed by atoms with Crippen LogP contribution in [-0.2, 0) is 10.4 Å². The molecule has 2 aliphatic rings. The molecule has 0 radical (unpaired) electrons. The Morgan fingerprint density at radius 2 is 1.91 bits per heavy atom. The number of carbonyl (C=O) groups excluding carboxylic acids is 1. The first-order chi connectivity index (χ1) is 16.6. The van der Waals surface area contributed by atoms with Gasteiger partial charge < -0.3 is 20.3 Å². The van der Waals surface area contributed by atoms with E-state index in [9.17, 15) is 4.79 Å². The molecule has 0 spiro atoms. The molecule has 1 aromatic rings. The van der Waals surface area contributed by atoms with Crippen molar-refractivity contribution in [3.05, 3.63) is 35.9 Å². The number of amides is 2. The number of rotatable bonds is 12. The van der Waals surface area contributed by atoms with Gasteiger partial charge in [0.1, 0.15) is 5.67 Å². The Morgan fingerprint density at radius 3 is 2.62 bits per heavy atom. The summed E-state index contributed by atoms with van der Waals surface area (Å²) in [6, 6.07) is 9.67. The highest BCUT2D eigenvalue weighted by Crippen LogP contribution is 2.43. The standard InChI is InChI=1S/C28H46FN3O2/c1-30-21-26(20-23-12-5-3-6-13-23)31-27(33)32-18-11-16-25(22-32)28(29,17-9-10-19-34-2)24-14-7-4-8-15-24/h4,7-8,14-15,23,25-26,30H,3,5-6,9-13,16-22H2,1-2H3,(H,31,33)/t25-,26?,28?/m1/s1. The van der Waals surface area contributed by atoms with Crippen molar-refractivity contribution in [1.29, 1.82) is 0 Å². The molecule has 3 atom stereocenters. The van der Waals surface area contributed by atoms with Crippen LogP contribution in [0.15, 0.2) is 30.3 Å². The highest BCUT2D eigenvalue weighted by Gasteiger charge is 2.43. The predicted molar refractivity (Wildman–Crippen MR) is 137 cm³/mol. The molecule has 34 heavy (non-hydrogen) atoms. The van der Waals surface area contributed by atoms with Gasteiger partial charge in [0.05, 0.1) is 0 Å². The van der Waals surface area contributed by atoms with E-state index in [0.717, 1.165) is 44.2 Å². The molecule has 1 aliphatic heterocycles. The molecular formula is C28H46FN3O2. The maximum atomic E-state index is 16.8. The fraction of sp³-hybridized carbons (Fsp3) is 0.750. The lowest BCUT2D eigenvalue weighted by Crippen LogP contribution is -2.53. The van der Waals surface area contributed by atoms with E-state index in [1.807, 2.05) is 42.3 Å². The van der Waals surface area contributed by atoms with Crippen LogP contribution in [-0.4, -0.2) is 57.4 Å². The largest absolute Gasteiger partial charge is 0.385 e. The van der Waals surface area contributed by atoms with Gasteiger partial charge in [0, 0.05) is 45.3 Å². The average molecular weight is 476 g/mol. The summed E-state index contributed by atoms with van der Waals surface area (Å²) < 4.78 is 21.9. The van der Waals surface area contributed by atoms with E-state index in [1.165, 1.54) is 32.1 Å². The number of piperidine rings is 1. The van der Waals surface area contributed by atoms with Gasteiger partial charge in [-0.25, -0.2) is 9.18 Å². The smallest absolute Gasteiger partial charge is 0.317 e. The summed E-state index contributed by atoms with van der Waals surface area (Å²) in [7, 11) is 3.63. The van der Waals surface area contributed by atoms with Crippen LogP contribution in [0.3, 0.4) is 0 Å². The van der Waals surface area contributed by atoms with Crippen molar-refractivity contribution >= 4 is 6.03 Å². The molecule has 2 N–H and O–H groups in total. The Balaban J connectivity index is 1.64. The van der Waals surface area contributed by atoms with Gasteiger partial charge in [0.2, 0.25) is 0 Å². The Morgan fingerprint density at radius 1 is 1.15 bits per heavy atom. The number of unbranched alkanes of at least 4 members (excludes halogenated alkanes) is 1. The second-order valence-electron chi connectivity index (χ2n) is 10.4. The minimum atomic E-state index is -1.43. The molecule has 2 unspecified atom stereocenters. The van der Waals surface area contributed by atoms with Crippen molar-refractivity contribution in [3.63, 3.8) is 0 Å². The number of methoxy groups -OCH3 is 1. The molecule has 1 aliphatic carbocycles. The van der Waals surface area contributed by atoms with Gasteiger partial charge in [0.25, 0.3) is 0 Å². The van der Waals surface area contributed by atoms with Gasteiger partial charge in [-0.15, -0.1) is 0 Å². The number of halogens is 1. The predicted octanol–water partition coefficient (Wildman–Crippen LogP) is 5.65. The summed E-state index contributed by atoms with van der Waals surface area (Å²) in [5.74, 6) is 0.503. The van der Waals surface area contributed by atoms with E-state index in [-0.39, 0.29) is 18.0 Å². The van der Waals surface area contributed by atoms with Gasteiger partial charge in [-0.3, -0.25) is 0 Å². The molecule has 1 saturated heterocycles. The zero-order valence-corrected chi connectivity index (χ0v) is 21.4. The highest BCUT2D eigenvalue weighted by atomic mass is 19.1. The first-order valence-corrected chi connectivity index (χ1v) is 13.5. The number of nitrogens with one attached hydrogen (secondary N) is 2. The van der Waals surface area contributed by atoms with Gasteiger partial charge in [-0.05, 0) is 57.1 Å². The quantitative estimate of drug-likeness (QED) is 0.384. The number of carbonyl (C=O) groups is 1. The zero-order valence-electron chi connectivity index (χ0n) is 21.4. The monoisotopic (exact) mass is 475 g/mol. The van der Waals surface area contributed by atoms with Gasteiger partial charge in [-0.2, -0.15) is 0 Å². The van der Waals surface area contributed by atoms with Crippen LogP contribution in [0, 0.1) is 11.8 Å². The first kappa shape index (κ1) is 26.9. The summed E-state index contributed by atoms with van der Waals surface area (Å²) in [4.78, 5) is 15.1. The lowest BCUT2D eigenvalue weighted by molar-refractivity contribution is 0.0208. The Bertz CT molecular complexity index is 713. The van der Waals surface area contributed by atoms with Crippen molar-refractivity contribution < 1.29 is 13.9 Å². The SMILES string of the molecule is CNCC(CC1CCCCC1)NC(=O)N1CCC[C@@H](C(F)(CCCCOC)c2ccccc2)C1. The Hall–Kier alpha value is -1.66. The van der Waals surface area contributed by atoms with Crippen LogP contribution in [0.2, 0.25) is 0 Å². The number of urea groups is 1. The van der Waals surface area contributed by atoms with Crippen LogP contribution in [0.1, 0.15) is 76.2 Å². The third-order valence-corrected chi connectivity index (χ3v) is 7.87. The first-order valence-electron chi connectivity index (χ1n) is 13.5. The fourth-order valence-electron chi connectivity index (χ4n) is 5.99. The van der Waals surface area contributed by atoms with Crippen LogP contribution in [0.5, 0.6) is 0 Å². The number of benzene rings is 1. The van der Waals surface area contributed by atoms with Crippen molar-refractivity contribution in [2.45, 2.75) is 82.3 Å². The molecule has 5 nitrogen and oxygen atoms in total. The van der Waals surface area contributed by atoms with Crippen molar-refractivity contribution in [2.24, 2.45) is 11.8 Å². The van der Waals surface area contributed by atoms with E-state index >= 15 is 4.39 Å². The molecule has 0 aromatic heterocycles. The van der Waals surface area contributed by atoms with E-state index in [1.54, 1.807) is 7.11 Å². The summed E-state index contributed by atoms with van der Waals surface area (Å²) in [5.41, 5.74) is -0.689. The summed E-state index contributed by atoms with van der Waals surface area (Å²) in [6.07, 6.45) is 11.3. The lowest BCUT2D eigenvalue weighted by Gasteiger charge is -2.41. The van der Waals surface area contributed by atoms with E-state index in [2.05, 4.69) is 10.6 Å². The van der Waals surface area contributed by atoms with Gasteiger partial charge >= 0.3 is 6.03 Å². The number of alkyl halides is 1. The minimum Gasteiger partial charge on any atom is -0.385 e. The fourth-order valence-corrected chi connectivity index (χ4v) is 5.99. The molecule has 2 fully saturated rings. The molecule has 1 saturated carbocycles. The Kier molecular flexibility index (Phi) is 11.1. The van der Waals surface area contributed by atoms with Crippen LogP contribution in [0.4, 0.5) is 9.18 Å². The maximum Gasteiger partial charge on any atom is 0.317 e. The molecule has 3 rings (SSSR count). The molecular weight excluding hydrogens is 429 g/mol. The van der Waals surface area contributed by atoms with E-state index < -0.39 is 5.67 Å². The van der Waals surface area contributed by atoms with E-state index in [4.69, 9.17) is 4.74 Å². The van der Waals surface area contributed by atoms with Crippen molar-refractivity contribution in [3.8, 4) is 0 Å². The number of ether oxygens (including phenoxy) is 1. The molecule has 1 heterocycles. The molecule has 6 heteroatoms. The number of likely N-dealkylation sites (tertiary alicyclic amines) is 1. The average Bonchev–Trinajstić information content (AvgIpc) is 2.88. The highest BCUT2D eigenvalue weighted by molar-refractivity contribution is 5.74. The number of nitrogens with zero attached hydrogens (tertiary/aromatic N) is 1. The Labute approximate surface area is 206 Å². The number of hydrogen-bond acceptors (Lipinski definition) is 3. The van der Waals surface area contributed by atoms with Crippen molar-refractivity contribution in [2.75, 3.05) is 40.4 Å². The topological polar surface area (TPSA) is 53.6 Å². The maximum absolute atomic E-state index is 16.8. The summed E-state index contributed by atoms with van der Waals surface area (Å²) in [6.45, 7) is 2.60. The molecule has 192 valence electrons. The number of likely N-dealkylation sites (N-methyl/N-ethyl adjacent to an activating group) is 1. The molecule has 2 amide bonds. The van der Waals surface area contributed by atoms with Crippen LogP contribution in [0.25, 0.3) is 0 Å². The second-order valence-corrected chi connectivity index (χ2v) is 10.4. The van der Waals surface area contributed by atoms with Gasteiger partial charge in [0.15, 0.2) is 0 Å². The lowest BCUT2D eigenvalue weighted by atomic mass is 9.75. The second kappa shape index (κ2) is 14.0. The van der Waals surface area contributed by atoms with Crippen molar-refractivity contribution in [1.82, 2.24) is 15.5 Å². The number of hydrogen-bond donors (Lipinski definition) is 2. The summed E-state index contributed by atoms with van der Waals surface area (Å²) >= 11 is 0. The molecule has 1 aromatic carbocycles. The molecule has 0 bridgehead atoms. The third-order valence-electron chi connectivity index (χ3n) is 7.87. The summed E-state index contributed by atoms with van der Waals surface area (Å²) in [5, 5.41) is 6.54. The minimum absolute atomic E-state index is 0.0319. The third kappa shape index (κ3) is 7.67. The van der Waals surface area contributed by atoms with Gasteiger partial charge in [-0.1, -0.05) is 62.4 Å². The normalized spacial score (nSPS) is 22.2.